The Kier molecular flexibility index (Phi) is 2.06. The SMILES string of the molecule is O=C1OC(=O)[C@@H]2[C@@H]1[C@H]1C[C@H]2[C@@]23[C@H]4C=C[C@@H](C4)[C@@]12N=NN3c1ccccc1. The Labute approximate surface area is 149 Å². The number of fused-ring (bicyclic) bond motifs is 7. The molecule has 6 heteroatoms. The molecule has 0 unspecified atom stereocenters. The van der Waals surface area contributed by atoms with Crippen molar-refractivity contribution in [3.8, 4) is 0 Å². The standard InChI is InChI=1S/C20H17N3O3/c24-17-15-13-9-14(16(15)18(25)26-17)20-11-7-6-10(8-11)19(13,20)21-22-23(20)12-4-2-1-3-5-12/h1-7,10-11,13-16H,8-9H2/t10-,11-,13+,14+,15-,16-,19+,20-/m0/s1. The van der Waals surface area contributed by atoms with Crippen molar-refractivity contribution >= 4 is 17.6 Å². The molecule has 2 aliphatic heterocycles. The number of para-hydroxylation sites is 1. The van der Waals surface area contributed by atoms with Gasteiger partial charge >= 0.3 is 11.9 Å². The monoisotopic (exact) mass is 347 g/mol. The van der Waals surface area contributed by atoms with Gasteiger partial charge in [0.2, 0.25) is 0 Å². The van der Waals surface area contributed by atoms with Crippen LogP contribution in [0.25, 0.3) is 0 Å². The van der Waals surface area contributed by atoms with E-state index in [1.165, 1.54) is 0 Å². The van der Waals surface area contributed by atoms with E-state index in [9.17, 15) is 9.59 Å². The predicted octanol–water partition coefficient (Wildman–Crippen LogP) is 2.52. The highest BCUT2D eigenvalue weighted by molar-refractivity contribution is 5.98. The molecular weight excluding hydrogens is 330 g/mol. The lowest BCUT2D eigenvalue weighted by atomic mass is 9.56. The second kappa shape index (κ2) is 3.92. The van der Waals surface area contributed by atoms with Crippen LogP contribution in [0.3, 0.4) is 0 Å². The van der Waals surface area contributed by atoms with Crippen molar-refractivity contribution in [1.82, 2.24) is 0 Å². The molecule has 4 fully saturated rings. The van der Waals surface area contributed by atoms with Crippen LogP contribution < -0.4 is 5.01 Å². The molecular formula is C20H17N3O3. The van der Waals surface area contributed by atoms with Crippen LogP contribution in [-0.2, 0) is 14.3 Å². The lowest BCUT2D eigenvalue weighted by molar-refractivity contribution is -0.154. The second-order valence-corrected chi connectivity index (χ2v) is 8.56. The van der Waals surface area contributed by atoms with Gasteiger partial charge in [0.15, 0.2) is 0 Å². The van der Waals surface area contributed by atoms with E-state index in [4.69, 9.17) is 9.85 Å². The van der Waals surface area contributed by atoms with Crippen molar-refractivity contribution in [2.24, 2.45) is 45.8 Å². The molecule has 0 amide bonds. The van der Waals surface area contributed by atoms with Crippen LogP contribution in [0.2, 0.25) is 0 Å². The molecule has 0 spiro atoms. The first-order valence-corrected chi connectivity index (χ1v) is 9.41. The number of nitrogens with zero attached hydrogens (tertiary/aromatic N) is 3. The Morgan fingerprint density at radius 3 is 2.50 bits per heavy atom. The first-order chi connectivity index (χ1) is 12.7. The van der Waals surface area contributed by atoms with Crippen LogP contribution in [0.1, 0.15) is 12.8 Å². The average molecular weight is 347 g/mol. The Bertz CT molecular complexity index is 943. The third-order valence-corrected chi connectivity index (χ3v) is 8.14. The van der Waals surface area contributed by atoms with E-state index in [2.05, 4.69) is 34.5 Å². The van der Waals surface area contributed by atoms with Gasteiger partial charge in [-0.3, -0.25) is 9.59 Å². The van der Waals surface area contributed by atoms with Gasteiger partial charge in [-0.25, -0.2) is 5.01 Å². The van der Waals surface area contributed by atoms with Gasteiger partial charge in [0.1, 0.15) is 11.1 Å². The van der Waals surface area contributed by atoms with Gasteiger partial charge in [0.25, 0.3) is 0 Å². The summed E-state index contributed by atoms with van der Waals surface area (Å²) in [7, 11) is 0. The van der Waals surface area contributed by atoms with E-state index in [0.717, 1.165) is 18.5 Å². The molecule has 2 heterocycles. The number of anilines is 1. The van der Waals surface area contributed by atoms with Gasteiger partial charge in [-0.15, -0.1) is 0 Å². The zero-order valence-corrected chi connectivity index (χ0v) is 14.0. The Hall–Kier alpha value is -2.50. The zero-order chi connectivity index (χ0) is 17.3. The highest BCUT2D eigenvalue weighted by Crippen LogP contribution is 2.78. The number of carbonyl (C=O) groups is 2. The van der Waals surface area contributed by atoms with Crippen molar-refractivity contribution < 1.29 is 14.3 Å². The summed E-state index contributed by atoms with van der Waals surface area (Å²) in [5.74, 6) is -0.615. The number of hydrogen-bond acceptors (Lipinski definition) is 6. The van der Waals surface area contributed by atoms with Crippen LogP contribution in [0.4, 0.5) is 5.69 Å². The van der Waals surface area contributed by atoms with Gasteiger partial charge in [-0.1, -0.05) is 35.6 Å². The summed E-state index contributed by atoms with van der Waals surface area (Å²) >= 11 is 0. The Morgan fingerprint density at radius 2 is 1.69 bits per heavy atom. The Balaban J connectivity index is 1.50. The normalized spacial score (nSPS) is 51.2. The lowest BCUT2D eigenvalue weighted by Crippen LogP contribution is -2.67. The number of hydrogen-bond donors (Lipinski definition) is 0. The van der Waals surface area contributed by atoms with Gasteiger partial charge in [-0.2, -0.15) is 5.11 Å². The molecule has 6 nitrogen and oxygen atoms in total. The van der Waals surface area contributed by atoms with E-state index in [0.29, 0.717) is 11.8 Å². The predicted molar refractivity (Wildman–Crippen MR) is 89.7 cm³/mol. The smallest absolute Gasteiger partial charge is 0.317 e. The summed E-state index contributed by atoms with van der Waals surface area (Å²) in [6, 6.07) is 10.1. The number of carbonyl (C=O) groups excluding carboxylic acids is 2. The molecule has 6 aliphatic rings. The third-order valence-electron chi connectivity index (χ3n) is 8.14. The molecule has 4 bridgehead atoms. The van der Waals surface area contributed by atoms with Gasteiger partial charge in [0.05, 0.1) is 17.5 Å². The number of ether oxygens (including phenoxy) is 1. The maximum Gasteiger partial charge on any atom is 0.317 e. The molecule has 1 saturated heterocycles. The van der Waals surface area contributed by atoms with E-state index in [1.54, 1.807) is 0 Å². The minimum atomic E-state index is -0.391. The number of benzene rings is 1. The van der Waals surface area contributed by atoms with Crippen LogP contribution in [-0.4, -0.2) is 23.0 Å². The topological polar surface area (TPSA) is 71.3 Å². The summed E-state index contributed by atoms with van der Waals surface area (Å²) in [6.07, 6.45) is 6.48. The fourth-order valence-electron chi connectivity index (χ4n) is 7.66. The molecule has 0 radical (unpaired) electrons. The largest absolute Gasteiger partial charge is 0.393 e. The second-order valence-electron chi connectivity index (χ2n) is 8.56. The van der Waals surface area contributed by atoms with Crippen molar-refractivity contribution in [1.29, 1.82) is 0 Å². The van der Waals surface area contributed by atoms with Crippen LogP contribution in [0, 0.1) is 35.5 Å². The summed E-state index contributed by atoms with van der Waals surface area (Å²) in [4.78, 5) is 25.0. The minimum Gasteiger partial charge on any atom is -0.393 e. The summed E-state index contributed by atoms with van der Waals surface area (Å²) in [5.41, 5.74) is 0.293. The number of rotatable bonds is 1. The summed E-state index contributed by atoms with van der Waals surface area (Å²) in [6.45, 7) is 0. The molecule has 130 valence electrons. The van der Waals surface area contributed by atoms with Crippen molar-refractivity contribution in [3.05, 3.63) is 42.5 Å². The summed E-state index contributed by atoms with van der Waals surface area (Å²) in [5, 5.41) is 11.7. The van der Waals surface area contributed by atoms with E-state index in [-0.39, 0.29) is 41.1 Å². The lowest BCUT2D eigenvalue weighted by Gasteiger charge is -2.52. The fraction of sp³-hybridized carbons (Fsp3) is 0.500. The van der Waals surface area contributed by atoms with Crippen molar-refractivity contribution in [2.75, 3.05) is 5.01 Å². The van der Waals surface area contributed by atoms with E-state index >= 15 is 0 Å². The molecule has 3 saturated carbocycles. The van der Waals surface area contributed by atoms with Gasteiger partial charge in [-0.05, 0) is 25.0 Å². The molecule has 4 aliphatic carbocycles. The van der Waals surface area contributed by atoms with Gasteiger partial charge in [0, 0.05) is 23.7 Å². The number of esters is 2. The first-order valence-electron chi connectivity index (χ1n) is 9.41. The van der Waals surface area contributed by atoms with E-state index < -0.39 is 5.54 Å². The molecule has 7 rings (SSSR count). The first kappa shape index (κ1) is 13.7. The number of cyclic esters (lactones) is 2. The fourth-order valence-corrected chi connectivity index (χ4v) is 7.66. The summed E-state index contributed by atoms with van der Waals surface area (Å²) < 4.78 is 5.08. The van der Waals surface area contributed by atoms with Crippen LogP contribution in [0.5, 0.6) is 0 Å². The average Bonchev–Trinajstić information content (AvgIpc) is 3.43. The highest BCUT2D eigenvalue weighted by Gasteiger charge is 2.88. The quantitative estimate of drug-likeness (QED) is 0.445. The molecule has 26 heavy (non-hydrogen) atoms. The molecule has 8 atom stereocenters. The molecule has 0 aromatic heterocycles. The van der Waals surface area contributed by atoms with Crippen LogP contribution in [0.15, 0.2) is 52.8 Å². The van der Waals surface area contributed by atoms with Crippen molar-refractivity contribution in [3.63, 3.8) is 0 Å². The maximum atomic E-state index is 12.5. The van der Waals surface area contributed by atoms with Gasteiger partial charge < -0.3 is 4.74 Å². The van der Waals surface area contributed by atoms with Crippen molar-refractivity contribution in [2.45, 2.75) is 23.9 Å². The van der Waals surface area contributed by atoms with Crippen LogP contribution >= 0.6 is 0 Å². The molecule has 1 aromatic rings. The third kappa shape index (κ3) is 1.08. The Morgan fingerprint density at radius 1 is 0.962 bits per heavy atom. The molecule has 0 N–H and O–H groups in total. The minimum absolute atomic E-state index is 0.0499. The molecule has 1 aromatic carbocycles. The van der Waals surface area contributed by atoms with E-state index in [1.807, 2.05) is 18.2 Å². The maximum absolute atomic E-state index is 12.5. The zero-order valence-electron chi connectivity index (χ0n) is 14.0. The highest BCUT2D eigenvalue weighted by atomic mass is 16.6.